The molecule has 7 nitrogen and oxygen atoms in total. The van der Waals surface area contributed by atoms with Crippen LogP contribution in [0.15, 0.2) is 45.9 Å². The van der Waals surface area contributed by atoms with Crippen LogP contribution in [0.4, 0.5) is 0 Å². The van der Waals surface area contributed by atoms with Crippen molar-refractivity contribution >= 4 is 15.9 Å². The predicted molar refractivity (Wildman–Crippen MR) is 88.1 cm³/mol. The van der Waals surface area contributed by atoms with E-state index in [1.165, 1.54) is 31.5 Å². The number of rotatable bonds is 8. The minimum Gasteiger partial charge on any atom is -0.493 e. The summed E-state index contributed by atoms with van der Waals surface area (Å²) in [5, 5.41) is 0. The quantitative estimate of drug-likeness (QED) is 0.782. The van der Waals surface area contributed by atoms with Gasteiger partial charge in [0.1, 0.15) is 11.5 Å². The number of sulfonamides is 1. The number of carbonyl (C=O) groups is 1. The maximum absolute atomic E-state index is 12.6. The molecular formula is C16H20N2O5S. The number of nitrogens with zero attached hydrogens (tertiary/aromatic N) is 1. The van der Waals surface area contributed by atoms with E-state index in [9.17, 15) is 13.2 Å². The molecule has 0 saturated heterocycles. The highest BCUT2D eigenvalue weighted by Gasteiger charge is 2.24. The van der Waals surface area contributed by atoms with Gasteiger partial charge in [0.25, 0.3) is 5.91 Å². The Morgan fingerprint density at radius 2 is 2.08 bits per heavy atom. The molecule has 1 heterocycles. The van der Waals surface area contributed by atoms with Crippen molar-refractivity contribution in [2.75, 3.05) is 13.7 Å². The lowest BCUT2D eigenvalue weighted by atomic mass is 10.2. The molecule has 0 aliphatic rings. The maximum Gasteiger partial charge on any atom is 0.252 e. The fourth-order valence-corrected chi connectivity index (χ4v) is 3.25. The lowest BCUT2D eigenvalue weighted by Crippen LogP contribution is -2.26. The summed E-state index contributed by atoms with van der Waals surface area (Å²) < 4.78 is 37.0. The highest BCUT2D eigenvalue weighted by molar-refractivity contribution is 7.89. The lowest BCUT2D eigenvalue weighted by Gasteiger charge is -2.17. The normalized spacial score (nSPS) is 11.6. The van der Waals surface area contributed by atoms with Gasteiger partial charge in [-0.2, -0.15) is 4.31 Å². The molecule has 1 amide bonds. The van der Waals surface area contributed by atoms with Crippen molar-refractivity contribution in [1.29, 1.82) is 0 Å². The summed E-state index contributed by atoms with van der Waals surface area (Å²) in [5.41, 5.74) is 5.38. The second-order valence-corrected chi connectivity index (χ2v) is 7.26. The summed E-state index contributed by atoms with van der Waals surface area (Å²) >= 11 is 0. The first-order valence-corrected chi connectivity index (χ1v) is 8.85. The van der Waals surface area contributed by atoms with Crippen molar-refractivity contribution in [1.82, 2.24) is 4.31 Å². The average molecular weight is 352 g/mol. The van der Waals surface area contributed by atoms with E-state index in [-0.39, 0.29) is 22.8 Å². The Labute approximate surface area is 141 Å². The summed E-state index contributed by atoms with van der Waals surface area (Å²) in [6, 6.07) is 7.44. The fourth-order valence-electron chi connectivity index (χ4n) is 2.09. The van der Waals surface area contributed by atoms with Gasteiger partial charge in [-0.3, -0.25) is 4.79 Å². The SMILES string of the molecule is CCCOc1ccc(S(=O)(=O)N(C)Cc2ccco2)cc1C(N)=O. The number of furan rings is 1. The summed E-state index contributed by atoms with van der Waals surface area (Å²) in [4.78, 5) is 11.6. The van der Waals surface area contributed by atoms with Crippen molar-refractivity contribution in [2.45, 2.75) is 24.8 Å². The molecule has 2 rings (SSSR count). The van der Waals surface area contributed by atoms with Gasteiger partial charge in [-0.1, -0.05) is 6.92 Å². The van der Waals surface area contributed by atoms with Gasteiger partial charge in [0.05, 0.1) is 29.9 Å². The number of benzene rings is 1. The highest BCUT2D eigenvalue weighted by atomic mass is 32.2. The molecule has 130 valence electrons. The average Bonchev–Trinajstić information content (AvgIpc) is 3.05. The first-order valence-electron chi connectivity index (χ1n) is 7.41. The van der Waals surface area contributed by atoms with Crippen LogP contribution >= 0.6 is 0 Å². The van der Waals surface area contributed by atoms with Gasteiger partial charge in [-0.15, -0.1) is 0 Å². The third-order valence-corrected chi connectivity index (χ3v) is 5.14. The second-order valence-electron chi connectivity index (χ2n) is 5.21. The van der Waals surface area contributed by atoms with Gasteiger partial charge >= 0.3 is 0 Å². The topological polar surface area (TPSA) is 103 Å². The molecule has 8 heteroatoms. The third-order valence-electron chi connectivity index (χ3n) is 3.34. The fraction of sp³-hybridized carbons (Fsp3) is 0.312. The smallest absolute Gasteiger partial charge is 0.252 e. The van der Waals surface area contributed by atoms with Crippen LogP contribution in [0.25, 0.3) is 0 Å². The second kappa shape index (κ2) is 7.50. The predicted octanol–water partition coefficient (Wildman–Crippen LogP) is 1.99. The van der Waals surface area contributed by atoms with Crippen LogP contribution in [-0.2, 0) is 16.6 Å². The molecule has 0 bridgehead atoms. The van der Waals surface area contributed by atoms with Crippen LogP contribution in [0.1, 0.15) is 29.5 Å². The molecule has 0 aliphatic heterocycles. The minimum absolute atomic E-state index is 0.0331. The van der Waals surface area contributed by atoms with E-state index >= 15 is 0 Å². The summed E-state index contributed by atoms with van der Waals surface area (Å²) in [7, 11) is -2.36. The molecule has 2 N–H and O–H groups in total. The van der Waals surface area contributed by atoms with Crippen LogP contribution in [0.5, 0.6) is 5.75 Å². The Morgan fingerprint density at radius 1 is 1.33 bits per heavy atom. The number of hydrogen-bond acceptors (Lipinski definition) is 5. The number of carbonyl (C=O) groups excluding carboxylic acids is 1. The molecule has 0 saturated carbocycles. The van der Waals surface area contributed by atoms with Crippen molar-refractivity contribution in [3.63, 3.8) is 0 Å². The van der Waals surface area contributed by atoms with Crippen LogP contribution in [0.3, 0.4) is 0 Å². The van der Waals surface area contributed by atoms with Crippen LogP contribution in [-0.4, -0.2) is 32.3 Å². The molecule has 0 unspecified atom stereocenters. The maximum atomic E-state index is 12.6. The van der Waals surface area contributed by atoms with E-state index in [1.54, 1.807) is 12.1 Å². The van der Waals surface area contributed by atoms with Gasteiger partial charge in [0.15, 0.2) is 0 Å². The molecular weight excluding hydrogens is 332 g/mol. The Hall–Kier alpha value is -2.32. The summed E-state index contributed by atoms with van der Waals surface area (Å²) in [6.07, 6.45) is 2.23. The molecule has 0 fully saturated rings. The lowest BCUT2D eigenvalue weighted by molar-refractivity contribution is 0.0996. The first-order chi connectivity index (χ1) is 11.4. The molecule has 24 heavy (non-hydrogen) atoms. The van der Waals surface area contributed by atoms with Crippen LogP contribution in [0, 0.1) is 0 Å². The minimum atomic E-state index is -3.80. The molecule has 1 aromatic carbocycles. The summed E-state index contributed by atoms with van der Waals surface area (Å²) in [5.74, 6) is 0.0444. The molecule has 0 radical (unpaired) electrons. The Bertz CT molecular complexity index is 800. The van der Waals surface area contributed by atoms with Gasteiger partial charge in [0.2, 0.25) is 10.0 Å². The third kappa shape index (κ3) is 3.95. The van der Waals surface area contributed by atoms with Crippen molar-refractivity contribution in [2.24, 2.45) is 5.73 Å². The van der Waals surface area contributed by atoms with E-state index in [0.717, 1.165) is 10.7 Å². The first kappa shape index (κ1) is 18.0. The van der Waals surface area contributed by atoms with E-state index < -0.39 is 15.9 Å². The monoisotopic (exact) mass is 352 g/mol. The molecule has 1 aromatic heterocycles. The Morgan fingerprint density at radius 3 is 2.67 bits per heavy atom. The highest BCUT2D eigenvalue weighted by Crippen LogP contribution is 2.25. The number of hydrogen-bond donors (Lipinski definition) is 1. The van der Waals surface area contributed by atoms with Gasteiger partial charge in [0, 0.05) is 7.05 Å². The molecule has 0 atom stereocenters. The number of primary amides is 1. The van der Waals surface area contributed by atoms with Gasteiger partial charge in [-0.05, 0) is 36.8 Å². The zero-order chi connectivity index (χ0) is 17.7. The number of ether oxygens (including phenoxy) is 1. The van der Waals surface area contributed by atoms with Crippen LogP contribution < -0.4 is 10.5 Å². The van der Waals surface area contributed by atoms with E-state index in [4.69, 9.17) is 14.9 Å². The number of amides is 1. The zero-order valence-electron chi connectivity index (χ0n) is 13.6. The van der Waals surface area contributed by atoms with Crippen molar-refractivity contribution in [3.8, 4) is 5.75 Å². The van der Waals surface area contributed by atoms with Gasteiger partial charge in [-0.25, -0.2) is 8.42 Å². The van der Waals surface area contributed by atoms with E-state index in [0.29, 0.717) is 12.4 Å². The van der Waals surface area contributed by atoms with E-state index in [1.807, 2.05) is 6.92 Å². The Kier molecular flexibility index (Phi) is 5.63. The van der Waals surface area contributed by atoms with Crippen molar-refractivity contribution < 1.29 is 22.4 Å². The van der Waals surface area contributed by atoms with Crippen LogP contribution in [0.2, 0.25) is 0 Å². The molecule has 0 aliphatic carbocycles. The molecule has 0 spiro atoms. The zero-order valence-corrected chi connectivity index (χ0v) is 14.4. The summed E-state index contributed by atoms with van der Waals surface area (Å²) in [6.45, 7) is 2.41. The standard InChI is InChI=1S/C16H20N2O5S/c1-3-8-23-15-7-6-13(10-14(15)16(17)19)24(20,21)18(2)11-12-5-4-9-22-12/h4-7,9-10H,3,8,11H2,1-2H3,(H2,17,19). The Balaban J connectivity index is 2.32. The molecule has 2 aromatic rings. The largest absolute Gasteiger partial charge is 0.493 e. The van der Waals surface area contributed by atoms with E-state index in [2.05, 4.69) is 0 Å². The number of nitrogens with two attached hydrogens (primary N) is 1. The van der Waals surface area contributed by atoms with Gasteiger partial charge < -0.3 is 14.9 Å². The van der Waals surface area contributed by atoms with Crippen molar-refractivity contribution in [3.05, 3.63) is 47.9 Å².